The molecule has 0 saturated carbocycles. The summed E-state index contributed by atoms with van der Waals surface area (Å²) in [5.41, 5.74) is 8.37. The molecule has 0 bridgehead atoms. The van der Waals surface area contributed by atoms with Crippen LogP contribution in [0.15, 0.2) is 41.3 Å². The molecule has 0 atom stereocenters. The van der Waals surface area contributed by atoms with Gasteiger partial charge in [-0.1, -0.05) is 16.8 Å². The van der Waals surface area contributed by atoms with E-state index in [-0.39, 0.29) is 11.7 Å². The zero-order valence-corrected chi connectivity index (χ0v) is 10.7. The van der Waals surface area contributed by atoms with Gasteiger partial charge in [-0.15, -0.1) is 0 Å². The van der Waals surface area contributed by atoms with E-state index < -0.39 is 0 Å². The van der Waals surface area contributed by atoms with E-state index in [1.807, 2.05) is 6.92 Å². The number of benzene rings is 1. The molecule has 20 heavy (non-hydrogen) atoms. The zero-order valence-electron chi connectivity index (χ0n) is 10.7. The van der Waals surface area contributed by atoms with Gasteiger partial charge in [-0.25, -0.2) is 14.4 Å². The van der Waals surface area contributed by atoms with Crippen molar-refractivity contribution in [3.05, 3.63) is 48.2 Å². The molecule has 2 heterocycles. The van der Waals surface area contributed by atoms with Crippen molar-refractivity contribution in [1.82, 2.24) is 15.1 Å². The molecule has 0 aliphatic carbocycles. The maximum Gasteiger partial charge on any atom is 0.232 e. The van der Waals surface area contributed by atoms with Crippen molar-refractivity contribution in [2.24, 2.45) is 0 Å². The van der Waals surface area contributed by atoms with E-state index in [4.69, 9.17) is 10.3 Å². The highest BCUT2D eigenvalue weighted by Gasteiger charge is 2.20. The van der Waals surface area contributed by atoms with Gasteiger partial charge in [0, 0.05) is 11.8 Å². The van der Waals surface area contributed by atoms with E-state index in [0.717, 1.165) is 5.56 Å². The van der Waals surface area contributed by atoms with Gasteiger partial charge in [0.05, 0.1) is 11.3 Å². The van der Waals surface area contributed by atoms with Crippen LogP contribution in [-0.2, 0) is 0 Å². The summed E-state index contributed by atoms with van der Waals surface area (Å²) in [5, 5.41) is 3.86. The lowest BCUT2D eigenvalue weighted by molar-refractivity contribution is 0.439. The highest BCUT2D eigenvalue weighted by molar-refractivity contribution is 5.85. The monoisotopic (exact) mass is 270 g/mol. The quantitative estimate of drug-likeness (QED) is 0.774. The van der Waals surface area contributed by atoms with Gasteiger partial charge < -0.3 is 10.3 Å². The third kappa shape index (κ3) is 2.01. The molecule has 0 amide bonds. The zero-order chi connectivity index (χ0) is 14.1. The molecule has 0 fully saturated rings. The minimum atomic E-state index is -0.390. The van der Waals surface area contributed by atoms with Crippen molar-refractivity contribution in [2.75, 3.05) is 5.73 Å². The fourth-order valence-electron chi connectivity index (χ4n) is 1.99. The second-order valence-corrected chi connectivity index (χ2v) is 4.35. The van der Waals surface area contributed by atoms with E-state index >= 15 is 0 Å². The molecule has 2 aromatic heterocycles. The van der Waals surface area contributed by atoms with Crippen LogP contribution < -0.4 is 5.73 Å². The summed E-state index contributed by atoms with van der Waals surface area (Å²) in [6.45, 7) is 1.87. The highest BCUT2D eigenvalue weighted by Crippen LogP contribution is 2.36. The number of hydrogen-bond donors (Lipinski definition) is 1. The van der Waals surface area contributed by atoms with Crippen LogP contribution in [0.2, 0.25) is 0 Å². The van der Waals surface area contributed by atoms with Crippen LogP contribution in [0.25, 0.3) is 22.5 Å². The van der Waals surface area contributed by atoms with Crippen molar-refractivity contribution < 1.29 is 8.91 Å². The van der Waals surface area contributed by atoms with Gasteiger partial charge in [-0.2, -0.15) is 0 Å². The van der Waals surface area contributed by atoms with Crippen LogP contribution in [0.4, 0.5) is 10.3 Å². The Labute approximate surface area is 114 Å². The number of nitrogens with zero attached hydrogens (tertiary/aromatic N) is 3. The van der Waals surface area contributed by atoms with Gasteiger partial charge in [0.15, 0.2) is 0 Å². The predicted molar refractivity (Wildman–Crippen MR) is 72.1 cm³/mol. The summed E-state index contributed by atoms with van der Waals surface area (Å²) < 4.78 is 19.0. The van der Waals surface area contributed by atoms with Gasteiger partial charge in [-0.3, -0.25) is 0 Å². The average Bonchev–Trinajstić information content (AvgIpc) is 2.84. The molecule has 2 N–H and O–H groups in total. The van der Waals surface area contributed by atoms with Gasteiger partial charge in [-0.05, 0) is 25.1 Å². The van der Waals surface area contributed by atoms with Crippen molar-refractivity contribution in [1.29, 1.82) is 0 Å². The topological polar surface area (TPSA) is 77.8 Å². The second-order valence-electron chi connectivity index (χ2n) is 4.35. The summed E-state index contributed by atoms with van der Waals surface area (Å²) in [4.78, 5) is 7.95. The molecule has 0 aliphatic rings. The van der Waals surface area contributed by atoms with Gasteiger partial charge in [0.2, 0.25) is 5.88 Å². The molecule has 1 aromatic carbocycles. The minimum Gasteiger partial charge on any atom is -0.367 e. The molecule has 0 aliphatic heterocycles. The number of halogens is 1. The summed E-state index contributed by atoms with van der Waals surface area (Å²) in [5.74, 6) is -0.293. The summed E-state index contributed by atoms with van der Waals surface area (Å²) in [7, 11) is 0. The molecule has 0 unspecified atom stereocenters. The summed E-state index contributed by atoms with van der Waals surface area (Å²) in [6.07, 6.45) is 2.96. The van der Waals surface area contributed by atoms with Crippen molar-refractivity contribution in [3.8, 4) is 22.5 Å². The van der Waals surface area contributed by atoms with E-state index in [0.29, 0.717) is 22.5 Å². The number of aryl methyl sites for hydroxylation is 1. The summed E-state index contributed by atoms with van der Waals surface area (Å²) >= 11 is 0. The first-order valence-corrected chi connectivity index (χ1v) is 5.95. The van der Waals surface area contributed by atoms with Crippen LogP contribution in [0.3, 0.4) is 0 Å². The first kappa shape index (κ1) is 12.3. The van der Waals surface area contributed by atoms with Crippen LogP contribution in [-0.4, -0.2) is 15.1 Å². The Balaban J connectivity index is 2.24. The van der Waals surface area contributed by atoms with Crippen LogP contribution >= 0.6 is 0 Å². The number of aromatic nitrogens is 3. The highest BCUT2D eigenvalue weighted by atomic mass is 19.1. The maximum absolute atomic E-state index is 14.0. The van der Waals surface area contributed by atoms with Crippen LogP contribution in [0.1, 0.15) is 5.56 Å². The number of nitrogen functional groups attached to an aromatic ring is 1. The Hall–Kier alpha value is -2.76. The molecule has 0 spiro atoms. The first-order chi connectivity index (χ1) is 9.66. The lowest BCUT2D eigenvalue weighted by Crippen LogP contribution is -1.92. The molecular weight excluding hydrogens is 259 g/mol. The number of anilines is 1. The first-order valence-electron chi connectivity index (χ1n) is 5.95. The fourth-order valence-corrected chi connectivity index (χ4v) is 1.99. The molecule has 0 saturated heterocycles. The van der Waals surface area contributed by atoms with Gasteiger partial charge in [0.25, 0.3) is 0 Å². The lowest BCUT2D eigenvalue weighted by atomic mass is 10.0. The third-order valence-corrected chi connectivity index (χ3v) is 2.93. The summed E-state index contributed by atoms with van der Waals surface area (Å²) in [6, 6.07) is 6.43. The molecule has 100 valence electrons. The Bertz CT molecular complexity index is 755. The van der Waals surface area contributed by atoms with Crippen LogP contribution in [0, 0.1) is 12.7 Å². The predicted octanol–water partition coefficient (Wildman–Crippen LogP) is 2.83. The van der Waals surface area contributed by atoms with E-state index in [1.54, 1.807) is 24.4 Å². The fraction of sp³-hybridized carbons (Fsp3) is 0.0714. The van der Waals surface area contributed by atoms with E-state index in [1.165, 1.54) is 12.4 Å². The largest absolute Gasteiger partial charge is 0.367 e. The Morgan fingerprint density at radius 3 is 2.85 bits per heavy atom. The lowest BCUT2D eigenvalue weighted by Gasteiger charge is -2.04. The average molecular weight is 270 g/mol. The van der Waals surface area contributed by atoms with E-state index in [9.17, 15) is 4.39 Å². The number of nitrogens with two attached hydrogens (primary N) is 1. The number of rotatable bonds is 2. The SMILES string of the molecule is Cc1ccc(F)c(-c2noc(N)c2-c2ccncn2)c1. The van der Waals surface area contributed by atoms with Crippen molar-refractivity contribution in [3.63, 3.8) is 0 Å². The van der Waals surface area contributed by atoms with Gasteiger partial charge in [0.1, 0.15) is 17.8 Å². The molecule has 3 rings (SSSR count). The standard InChI is InChI=1S/C14H11FN4O/c1-8-2-3-10(15)9(6-8)13-12(14(16)20-19-13)11-4-5-17-7-18-11/h2-7H,16H2,1H3. The van der Waals surface area contributed by atoms with Crippen molar-refractivity contribution >= 4 is 5.88 Å². The number of hydrogen-bond acceptors (Lipinski definition) is 5. The minimum absolute atomic E-state index is 0.0969. The smallest absolute Gasteiger partial charge is 0.232 e. The van der Waals surface area contributed by atoms with Crippen molar-refractivity contribution in [2.45, 2.75) is 6.92 Å². The van der Waals surface area contributed by atoms with E-state index in [2.05, 4.69) is 15.1 Å². The molecule has 3 aromatic rings. The Kier molecular flexibility index (Phi) is 2.90. The molecule has 6 heteroatoms. The molecular formula is C14H11FN4O. The molecule has 5 nitrogen and oxygen atoms in total. The Morgan fingerprint density at radius 1 is 1.25 bits per heavy atom. The Morgan fingerprint density at radius 2 is 2.10 bits per heavy atom. The second kappa shape index (κ2) is 4.73. The van der Waals surface area contributed by atoms with Gasteiger partial charge >= 0.3 is 0 Å². The van der Waals surface area contributed by atoms with Crippen LogP contribution in [0.5, 0.6) is 0 Å². The molecule has 0 radical (unpaired) electrons. The maximum atomic E-state index is 14.0. The third-order valence-electron chi connectivity index (χ3n) is 2.93. The normalized spacial score (nSPS) is 10.7.